The molecule has 3 aliphatic rings. The van der Waals surface area contributed by atoms with Crippen LogP contribution in [-0.2, 0) is 28.8 Å². The van der Waals surface area contributed by atoms with E-state index in [1.165, 1.54) is 14.7 Å². The van der Waals surface area contributed by atoms with Crippen molar-refractivity contribution in [2.75, 3.05) is 39.3 Å². The molecule has 2 atom stereocenters. The van der Waals surface area contributed by atoms with E-state index >= 15 is 0 Å². The van der Waals surface area contributed by atoms with Gasteiger partial charge >= 0.3 is 0 Å². The lowest BCUT2D eigenvalue weighted by Gasteiger charge is -2.31. The van der Waals surface area contributed by atoms with Crippen LogP contribution < -0.4 is 16.4 Å². The van der Waals surface area contributed by atoms with E-state index in [2.05, 4.69) is 10.6 Å². The monoisotopic (exact) mass is 450 g/mol. The van der Waals surface area contributed by atoms with Gasteiger partial charge in [0.2, 0.25) is 35.4 Å². The summed E-state index contributed by atoms with van der Waals surface area (Å²) >= 11 is 0. The van der Waals surface area contributed by atoms with Crippen molar-refractivity contribution in [1.82, 2.24) is 25.3 Å². The summed E-state index contributed by atoms with van der Waals surface area (Å²) in [5.74, 6) is -2.28. The molecule has 3 heterocycles. The number of hydrogen-bond acceptors (Lipinski definition) is 6. The van der Waals surface area contributed by atoms with Gasteiger partial charge in [-0.25, -0.2) is 0 Å². The average molecular weight is 450 g/mol. The van der Waals surface area contributed by atoms with Crippen LogP contribution in [-0.4, -0.2) is 101 Å². The molecule has 0 aromatic heterocycles. The van der Waals surface area contributed by atoms with E-state index in [1.807, 2.05) is 0 Å². The topological polar surface area (TPSA) is 162 Å². The van der Waals surface area contributed by atoms with Crippen LogP contribution in [0.15, 0.2) is 0 Å². The van der Waals surface area contributed by atoms with Crippen molar-refractivity contribution in [2.24, 2.45) is 5.73 Å². The van der Waals surface area contributed by atoms with Crippen LogP contribution in [0.1, 0.15) is 38.5 Å². The average Bonchev–Trinajstić information content (AvgIpc) is 3.51. The van der Waals surface area contributed by atoms with E-state index in [0.29, 0.717) is 51.7 Å². The molecule has 12 nitrogen and oxygen atoms in total. The van der Waals surface area contributed by atoms with E-state index in [-0.39, 0.29) is 37.4 Å². The van der Waals surface area contributed by atoms with Crippen LogP contribution in [0.25, 0.3) is 0 Å². The molecule has 3 aliphatic heterocycles. The number of amides is 6. The molecular weight excluding hydrogens is 420 g/mol. The molecule has 3 saturated heterocycles. The smallest absolute Gasteiger partial charge is 0.246 e. The maximum absolute atomic E-state index is 13.2. The number of carbonyl (C=O) groups excluding carboxylic acids is 6. The molecule has 0 aliphatic carbocycles. The molecule has 12 heteroatoms. The number of rotatable bonds is 8. The van der Waals surface area contributed by atoms with Crippen molar-refractivity contribution in [3.05, 3.63) is 0 Å². The molecule has 32 heavy (non-hydrogen) atoms. The molecule has 3 rings (SSSR count). The van der Waals surface area contributed by atoms with E-state index in [1.54, 1.807) is 0 Å². The van der Waals surface area contributed by atoms with Crippen LogP contribution >= 0.6 is 0 Å². The van der Waals surface area contributed by atoms with E-state index in [9.17, 15) is 28.8 Å². The van der Waals surface area contributed by atoms with Crippen LogP contribution in [0, 0.1) is 0 Å². The molecule has 176 valence electrons. The lowest BCUT2D eigenvalue weighted by atomic mass is 10.1. The maximum atomic E-state index is 13.2. The molecular formula is C20H30N6O6. The number of primary amides is 1. The molecule has 0 saturated carbocycles. The van der Waals surface area contributed by atoms with Crippen molar-refractivity contribution in [1.29, 1.82) is 0 Å². The van der Waals surface area contributed by atoms with Gasteiger partial charge in [0.25, 0.3) is 0 Å². The highest BCUT2D eigenvalue weighted by Crippen LogP contribution is 2.25. The zero-order valence-electron chi connectivity index (χ0n) is 18.0. The fourth-order valence-corrected chi connectivity index (χ4v) is 4.48. The third-order valence-electron chi connectivity index (χ3n) is 6.08. The van der Waals surface area contributed by atoms with Gasteiger partial charge in [0, 0.05) is 26.1 Å². The van der Waals surface area contributed by atoms with E-state index < -0.39 is 29.8 Å². The molecule has 4 N–H and O–H groups in total. The Morgan fingerprint density at radius 1 is 0.875 bits per heavy atom. The summed E-state index contributed by atoms with van der Waals surface area (Å²) in [7, 11) is 0. The summed E-state index contributed by atoms with van der Waals surface area (Å²) in [5.41, 5.74) is 4.96. The zero-order valence-corrected chi connectivity index (χ0v) is 18.0. The molecule has 0 spiro atoms. The maximum Gasteiger partial charge on any atom is 0.246 e. The number of hydrogen-bond donors (Lipinski definition) is 3. The summed E-state index contributed by atoms with van der Waals surface area (Å²) in [6.45, 7) is 0.723. The Hall–Kier alpha value is -3.18. The Morgan fingerprint density at radius 3 is 2.22 bits per heavy atom. The van der Waals surface area contributed by atoms with Crippen molar-refractivity contribution in [3.8, 4) is 0 Å². The first-order chi connectivity index (χ1) is 15.3. The van der Waals surface area contributed by atoms with Crippen LogP contribution in [0.3, 0.4) is 0 Å². The Balaban J connectivity index is 1.55. The third kappa shape index (κ3) is 5.54. The molecule has 0 radical (unpaired) electrons. The molecule has 6 amide bonds. The second kappa shape index (κ2) is 10.4. The highest BCUT2D eigenvalue weighted by atomic mass is 16.2. The van der Waals surface area contributed by atoms with Crippen LogP contribution in [0.5, 0.6) is 0 Å². The fourth-order valence-electron chi connectivity index (χ4n) is 4.48. The second-order valence-electron chi connectivity index (χ2n) is 8.31. The van der Waals surface area contributed by atoms with Crippen molar-refractivity contribution < 1.29 is 28.8 Å². The summed E-state index contributed by atoms with van der Waals surface area (Å²) in [5, 5.41) is 4.77. The fraction of sp³-hybridized carbons (Fsp3) is 0.700. The predicted molar refractivity (Wildman–Crippen MR) is 110 cm³/mol. The normalized spacial score (nSPS) is 22.9. The first-order valence-electron chi connectivity index (χ1n) is 11.0. The minimum absolute atomic E-state index is 0.0209. The Kier molecular flexibility index (Phi) is 7.65. The first-order valence-corrected chi connectivity index (χ1v) is 11.0. The van der Waals surface area contributed by atoms with E-state index in [4.69, 9.17) is 5.73 Å². The Morgan fingerprint density at radius 2 is 1.56 bits per heavy atom. The van der Waals surface area contributed by atoms with Gasteiger partial charge in [-0.1, -0.05) is 0 Å². The number of likely N-dealkylation sites (tertiary alicyclic amines) is 3. The molecule has 0 unspecified atom stereocenters. The Bertz CT molecular complexity index is 801. The molecule has 3 fully saturated rings. The zero-order chi connectivity index (χ0) is 23.3. The summed E-state index contributed by atoms with van der Waals surface area (Å²) in [4.78, 5) is 77.4. The number of carbonyl (C=O) groups is 6. The standard InChI is InChI=1S/C20H30N6O6/c21-15(27)10-22-16(28)11-23-19(31)13-4-1-9-26(13)20(32)14-5-2-8-25(14)18(30)12-24-7-3-6-17(24)29/h13-14H,1-12H2,(H2,21,27)(H,22,28)(H,23,31)/t13-,14-/m0/s1. The minimum Gasteiger partial charge on any atom is -0.368 e. The van der Waals surface area contributed by atoms with Gasteiger partial charge in [0.05, 0.1) is 19.6 Å². The number of nitrogens with two attached hydrogens (primary N) is 1. The highest BCUT2D eigenvalue weighted by Gasteiger charge is 2.42. The predicted octanol–water partition coefficient (Wildman–Crippen LogP) is -2.69. The van der Waals surface area contributed by atoms with E-state index in [0.717, 1.165) is 6.42 Å². The third-order valence-corrected chi connectivity index (χ3v) is 6.08. The van der Waals surface area contributed by atoms with Gasteiger partial charge in [-0.15, -0.1) is 0 Å². The number of nitrogens with zero attached hydrogens (tertiary/aromatic N) is 3. The van der Waals surface area contributed by atoms with Gasteiger partial charge in [0.15, 0.2) is 0 Å². The lowest BCUT2D eigenvalue weighted by molar-refractivity contribution is -0.148. The van der Waals surface area contributed by atoms with Gasteiger partial charge in [-0.3, -0.25) is 28.8 Å². The molecule has 0 aromatic rings. The molecule has 0 aromatic carbocycles. The van der Waals surface area contributed by atoms with Crippen LogP contribution in [0.4, 0.5) is 0 Å². The van der Waals surface area contributed by atoms with Gasteiger partial charge in [-0.2, -0.15) is 0 Å². The quantitative estimate of drug-likeness (QED) is 0.365. The van der Waals surface area contributed by atoms with Crippen LogP contribution in [0.2, 0.25) is 0 Å². The minimum atomic E-state index is -0.718. The highest BCUT2D eigenvalue weighted by molar-refractivity contribution is 5.95. The van der Waals surface area contributed by atoms with Crippen molar-refractivity contribution >= 4 is 35.4 Å². The van der Waals surface area contributed by atoms with Gasteiger partial charge in [-0.05, 0) is 32.1 Å². The second-order valence-corrected chi connectivity index (χ2v) is 8.31. The van der Waals surface area contributed by atoms with Gasteiger partial charge in [0.1, 0.15) is 12.1 Å². The summed E-state index contributed by atoms with van der Waals surface area (Å²) in [6, 6.07) is -1.36. The first kappa shape index (κ1) is 23.5. The Labute approximate surface area is 185 Å². The summed E-state index contributed by atoms with van der Waals surface area (Å²) < 4.78 is 0. The molecule has 0 bridgehead atoms. The van der Waals surface area contributed by atoms with Gasteiger partial charge < -0.3 is 31.1 Å². The number of nitrogens with one attached hydrogen (secondary N) is 2. The lowest BCUT2D eigenvalue weighted by Crippen LogP contribution is -2.54. The SMILES string of the molecule is NC(=O)CNC(=O)CNC(=O)[C@@H]1CCCN1C(=O)[C@@H]1CCCN1C(=O)CN1CCCC1=O. The largest absolute Gasteiger partial charge is 0.368 e. The summed E-state index contributed by atoms with van der Waals surface area (Å²) in [6.07, 6.45) is 3.48. The van der Waals surface area contributed by atoms with Crippen molar-refractivity contribution in [3.63, 3.8) is 0 Å². The van der Waals surface area contributed by atoms with Crippen molar-refractivity contribution in [2.45, 2.75) is 50.6 Å².